The number of hydrogen-bond acceptors (Lipinski definition) is 3. The molecular weight excluding hydrogens is 260 g/mol. The van der Waals surface area contributed by atoms with Gasteiger partial charge in [0.05, 0.1) is 12.6 Å². The highest BCUT2D eigenvalue weighted by molar-refractivity contribution is 4.93. The molecule has 2 aliphatic rings. The fourth-order valence-electron chi connectivity index (χ4n) is 2.68. The first-order valence-corrected chi connectivity index (χ1v) is 7.98. The van der Waals surface area contributed by atoms with Crippen molar-refractivity contribution in [3.8, 4) is 0 Å². The molecule has 2 heterocycles. The van der Waals surface area contributed by atoms with Crippen LogP contribution in [-0.2, 0) is 0 Å². The topological polar surface area (TPSA) is 9.72 Å². The molecule has 5 heteroatoms. The van der Waals surface area contributed by atoms with Crippen molar-refractivity contribution in [2.75, 3.05) is 53.4 Å². The summed E-state index contributed by atoms with van der Waals surface area (Å²) < 4.78 is 27.8. The number of piperidine rings is 1. The third kappa shape index (κ3) is 5.62. The van der Waals surface area contributed by atoms with Gasteiger partial charge in [-0.2, -0.15) is 0 Å². The third-order valence-electron chi connectivity index (χ3n) is 3.73. The van der Waals surface area contributed by atoms with Gasteiger partial charge in [0.15, 0.2) is 0 Å². The molecule has 0 saturated carbocycles. The van der Waals surface area contributed by atoms with Crippen LogP contribution in [0.4, 0.5) is 8.78 Å². The average molecular weight is 293 g/mol. The highest BCUT2D eigenvalue weighted by atomic mass is 19.3. The van der Waals surface area contributed by atoms with Crippen LogP contribution in [0.1, 0.15) is 34.1 Å². The second kappa shape index (κ2) is 9.64. The maximum atomic E-state index is 13.9. The normalized spacial score (nSPS) is 27.9. The zero-order valence-corrected chi connectivity index (χ0v) is 14.1. The number of rotatable bonds is 1. The van der Waals surface area contributed by atoms with Crippen LogP contribution >= 0.6 is 0 Å². The van der Waals surface area contributed by atoms with Gasteiger partial charge in [-0.15, -0.1) is 0 Å². The van der Waals surface area contributed by atoms with Crippen LogP contribution < -0.4 is 0 Å². The number of nitrogens with zero attached hydrogens (tertiary/aromatic N) is 3. The molecule has 0 aromatic heterocycles. The Kier molecular flexibility index (Phi) is 9.51. The van der Waals surface area contributed by atoms with Gasteiger partial charge in [-0.1, -0.05) is 27.7 Å². The highest BCUT2D eigenvalue weighted by Crippen LogP contribution is 2.31. The number of likely N-dealkylation sites (N-methyl/N-ethyl adjacent to an activating group) is 1. The van der Waals surface area contributed by atoms with Gasteiger partial charge in [-0.3, -0.25) is 4.90 Å². The summed E-state index contributed by atoms with van der Waals surface area (Å²) in [6.07, 6.45) is 0.590. The molecule has 3 nitrogen and oxygen atoms in total. The van der Waals surface area contributed by atoms with Crippen molar-refractivity contribution in [1.29, 1.82) is 0 Å². The zero-order valence-electron chi connectivity index (χ0n) is 14.1. The first kappa shape index (κ1) is 19.7. The zero-order chi connectivity index (χ0) is 15.8. The Hall–Kier alpha value is -0.260. The quantitative estimate of drug-likeness (QED) is 0.736. The first-order chi connectivity index (χ1) is 9.49. The Labute approximate surface area is 123 Å². The largest absolute Gasteiger partial charge is 0.304 e. The highest BCUT2D eigenvalue weighted by Gasteiger charge is 2.46. The molecule has 2 rings (SSSR count). The second-order valence-corrected chi connectivity index (χ2v) is 5.14. The number of piperazine rings is 1. The van der Waals surface area contributed by atoms with E-state index in [9.17, 15) is 8.78 Å². The molecule has 2 aliphatic heterocycles. The van der Waals surface area contributed by atoms with Crippen LogP contribution in [0.3, 0.4) is 0 Å². The van der Waals surface area contributed by atoms with Crippen LogP contribution in [0, 0.1) is 0 Å². The minimum Gasteiger partial charge on any atom is -0.304 e. The predicted molar refractivity (Wildman–Crippen MR) is 82.6 cm³/mol. The van der Waals surface area contributed by atoms with E-state index in [-0.39, 0.29) is 6.54 Å². The summed E-state index contributed by atoms with van der Waals surface area (Å²) in [5.41, 5.74) is 0. The molecule has 20 heavy (non-hydrogen) atoms. The standard InChI is InChI=1S/C11H21F2N3.2C2H6/c1-14-5-7-16(8-6-14)10-3-4-15(2)9-11(10,12)13;2*1-2/h10H,3-9H2,1-2H3;2*1-2H3. The molecule has 1 unspecified atom stereocenters. The molecule has 0 N–H and O–H groups in total. The Morgan fingerprint density at radius 2 is 1.30 bits per heavy atom. The van der Waals surface area contributed by atoms with E-state index in [0.717, 1.165) is 32.7 Å². The SMILES string of the molecule is CC.CC.CN1CCN(C2CCN(C)CC2(F)F)CC1. The lowest BCUT2D eigenvalue weighted by Gasteiger charge is -2.45. The lowest BCUT2D eigenvalue weighted by molar-refractivity contribution is -0.128. The second-order valence-electron chi connectivity index (χ2n) is 5.14. The minimum atomic E-state index is -2.55. The molecule has 0 spiro atoms. The fourth-order valence-corrected chi connectivity index (χ4v) is 2.68. The number of likely N-dealkylation sites (tertiary alicyclic amines) is 1. The van der Waals surface area contributed by atoms with Gasteiger partial charge in [0.2, 0.25) is 0 Å². The van der Waals surface area contributed by atoms with Gasteiger partial charge in [0.1, 0.15) is 0 Å². The summed E-state index contributed by atoms with van der Waals surface area (Å²) in [5, 5.41) is 0. The van der Waals surface area contributed by atoms with E-state index in [4.69, 9.17) is 0 Å². The fraction of sp³-hybridized carbons (Fsp3) is 1.00. The molecule has 0 radical (unpaired) electrons. The van der Waals surface area contributed by atoms with E-state index in [1.807, 2.05) is 39.6 Å². The summed E-state index contributed by atoms with van der Waals surface area (Å²) in [5.74, 6) is -2.55. The average Bonchev–Trinajstić information content (AvgIpc) is 2.44. The smallest absolute Gasteiger partial charge is 0.275 e. The van der Waals surface area contributed by atoms with Gasteiger partial charge in [-0.25, -0.2) is 8.78 Å². The van der Waals surface area contributed by atoms with E-state index in [2.05, 4.69) is 4.90 Å². The summed E-state index contributed by atoms with van der Waals surface area (Å²) in [6, 6.07) is -0.544. The Bertz CT molecular complexity index is 241. The third-order valence-corrected chi connectivity index (χ3v) is 3.73. The monoisotopic (exact) mass is 293 g/mol. The van der Waals surface area contributed by atoms with E-state index >= 15 is 0 Å². The van der Waals surface area contributed by atoms with Crippen molar-refractivity contribution < 1.29 is 8.78 Å². The number of alkyl halides is 2. The maximum Gasteiger partial charge on any atom is 0.275 e. The number of halogens is 2. The van der Waals surface area contributed by atoms with Crippen molar-refractivity contribution in [2.24, 2.45) is 0 Å². The minimum absolute atomic E-state index is 0.0932. The Balaban J connectivity index is 0.000000829. The van der Waals surface area contributed by atoms with Crippen LogP contribution in [0.25, 0.3) is 0 Å². The Morgan fingerprint density at radius 1 is 0.800 bits per heavy atom. The van der Waals surface area contributed by atoms with Gasteiger partial charge in [0.25, 0.3) is 5.92 Å². The van der Waals surface area contributed by atoms with Gasteiger partial charge >= 0.3 is 0 Å². The molecule has 2 fully saturated rings. The molecular formula is C15H33F2N3. The summed E-state index contributed by atoms with van der Waals surface area (Å²) >= 11 is 0. The van der Waals surface area contributed by atoms with Crippen LogP contribution in [-0.4, -0.2) is 80.0 Å². The molecule has 0 amide bonds. The summed E-state index contributed by atoms with van der Waals surface area (Å²) in [6.45, 7) is 12.1. The lowest BCUT2D eigenvalue weighted by Crippen LogP contribution is -2.61. The molecule has 0 aromatic rings. The molecule has 0 bridgehead atoms. The van der Waals surface area contributed by atoms with E-state index < -0.39 is 12.0 Å². The van der Waals surface area contributed by atoms with Gasteiger partial charge in [-0.05, 0) is 27.1 Å². The van der Waals surface area contributed by atoms with Crippen LogP contribution in [0.2, 0.25) is 0 Å². The van der Waals surface area contributed by atoms with E-state index in [0.29, 0.717) is 6.42 Å². The summed E-state index contributed by atoms with van der Waals surface area (Å²) in [7, 11) is 3.82. The number of hydrogen-bond donors (Lipinski definition) is 0. The first-order valence-electron chi connectivity index (χ1n) is 7.98. The lowest BCUT2D eigenvalue weighted by atomic mass is 9.98. The summed E-state index contributed by atoms with van der Waals surface area (Å²) in [4.78, 5) is 5.91. The molecule has 0 aromatic carbocycles. The maximum absolute atomic E-state index is 13.9. The van der Waals surface area contributed by atoms with Crippen molar-refractivity contribution in [2.45, 2.75) is 46.1 Å². The van der Waals surface area contributed by atoms with Gasteiger partial charge < -0.3 is 9.80 Å². The van der Waals surface area contributed by atoms with Crippen molar-refractivity contribution in [3.63, 3.8) is 0 Å². The van der Waals surface area contributed by atoms with Crippen LogP contribution in [0.15, 0.2) is 0 Å². The van der Waals surface area contributed by atoms with Crippen molar-refractivity contribution in [3.05, 3.63) is 0 Å². The molecule has 1 atom stereocenters. The van der Waals surface area contributed by atoms with E-state index in [1.54, 1.807) is 11.9 Å². The molecule has 122 valence electrons. The van der Waals surface area contributed by atoms with Crippen LogP contribution in [0.5, 0.6) is 0 Å². The van der Waals surface area contributed by atoms with Crippen molar-refractivity contribution >= 4 is 0 Å². The predicted octanol–water partition coefficient (Wildman–Crippen LogP) is 2.63. The van der Waals surface area contributed by atoms with Crippen molar-refractivity contribution in [1.82, 2.24) is 14.7 Å². The Morgan fingerprint density at radius 3 is 1.75 bits per heavy atom. The molecule has 2 saturated heterocycles. The molecule has 0 aliphatic carbocycles. The van der Waals surface area contributed by atoms with Gasteiger partial charge in [0, 0.05) is 26.2 Å². The van der Waals surface area contributed by atoms with E-state index in [1.165, 1.54) is 0 Å².